The quantitative estimate of drug-likeness (QED) is 0.712. The minimum atomic E-state index is 0.232. The van der Waals surface area contributed by atoms with Crippen LogP contribution in [0.25, 0.3) is 0 Å². The Kier molecular flexibility index (Phi) is 11.3. The fourth-order valence-electron chi connectivity index (χ4n) is 1.85. The maximum absolute atomic E-state index is 8.89. The van der Waals surface area contributed by atoms with E-state index in [9.17, 15) is 0 Å². The molecule has 2 N–H and O–H groups in total. The van der Waals surface area contributed by atoms with Gasteiger partial charge >= 0.3 is 0 Å². The highest BCUT2D eigenvalue weighted by Gasteiger charge is 2.05. The zero-order valence-electron chi connectivity index (χ0n) is 11.8. The largest absolute Gasteiger partial charge is 0.396 e. The van der Waals surface area contributed by atoms with Gasteiger partial charge < -0.3 is 24.6 Å². The molecule has 0 radical (unpaired) electrons. The molecule has 6 heteroatoms. The molecule has 1 aliphatic heterocycles. The van der Waals surface area contributed by atoms with Crippen molar-refractivity contribution in [2.24, 2.45) is 0 Å². The third-order valence-electron chi connectivity index (χ3n) is 2.95. The van der Waals surface area contributed by atoms with Crippen molar-refractivity contribution in [2.75, 3.05) is 79.0 Å². The van der Waals surface area contributed by atoms with Gasteiger partial charge in [-0.2, -0.15) is 0 Å². The van der Waals surface area contributed by atoms with Crippen molar-refractivity contribution in [3.63, 3.8) is 0 Å². The van der Waals surface area contributed by atoms with E-state index in [1.807, 2.05) is 0 Å². The number of ether oxygens (including phenoxy) is 3. The molecule has 0 aromatic heterocycles. The standard InChI is InChI=1S/C13H28N2O4/c16-7-1-4-15-5-10-17-8-2-14-3-9-18-12-13-19-11-6-15/h14,16H,1-13H2. The summed E-state index contributed by atoms with van der Waals surface area (Å²) < 4.78 is 16.5. The average molecular weight is 276 g/mol. The van der Waals surface area contributed by atoms with Gasteiger partial charge in [0.2, 0.25) is 0 Å². The summed E-state index contributed by atoms with van der Waals surface area (Å²) in [6.45, 7) is 8.75. The molecule has 0 saturated carbocycles. The Morgan fingerprint density at radius 2 is 1.42 bits per heavy atom. The average Bonchev–Trinajstić information content (AvgIpc) is 2.44. The zero-order valence-corrected chi connectivity index (χ0v) is 11.8. The summed E-state index contributed by atoms with van der Waals surface area (Å²) in [5.74, 6) is 0. The summed E-state index contributed by atoms with van der Waals surface area (Å²) >= 11 is 0. The number of hydrogen-bond acceptors (Lipinski definition) is 6. The SMILES string of the molecule is OCCCN1CCOCCNCCOCCOCC1. The van der Waals surface area contributed by atoms with E-state index in [4.69, 9.17) is 19.3 Å². The highest BCUT2D eigenvalue weighted by atomic mass is 16.5. The van der Waals surface area contributed by atoms with Crippen molar-refractivity contribution < 1.29 is 19.3 Å². The Labute approximate surface area is 116 Å². The van der Waals surface area contributed by atoms with Crippen LogP contribution in [0.2, 0.25) is 0 Å². The molecule has 0 spiro atoms. The summed E-state index contributed by atoms with van der Waals surface area (Å²) in [6.07, 6.45) is 0.796. The van der Waals surface area contributed by atoms with Crippen LogP contribution in [0.4, 0.5) is 0 Å². The molecule has 1 fully saturated rings. The molecule has 114 valence electrons. The van der Waals surface area contributed by atoms with Crippen LogP contribution in [-0.2, 0) is 14.2 Å². The van der Waals surface area contributed by atoms with E-state index in [2.05, 4.69) is 10.2 Å². The molecule has 1 heterocycles. The first-order valence-corrected chi connectivity index (χ1v) is 7.20. The molecule has 0 aromatic carbocycles. The second-order valence-electron chi connectivity index (χ2n) is 4.51. The summed E-state index contributed by atoms with van der Waals surface area (Å²) in [6, 6.07) is 0. The lowest BCUT2D eigenvalue weighted by atomic mass is 10.4. The first kappa shape index (κ1) is 16.8. The van der Waals surface area contributed by atoms with Gasteiger partial charge in [0, 0.05) is 39.3 Å². The van der Waals surface area contributed by atoms with Crippen LogP contribution in [-0.4, -0.2) is 89.0 Å². The molecule has 0 amide bonds. The van der Waals surface area contributed by atoms with Gasteiger partial charge in [-0.05, 0) is 6.42 Å². The topological polar surface area (TPSA) is 63.2 Å². The van der Waals surface area contributed by atoms with Crippen LogP contribution >= 0.6 is 0 Å². The molecule has 0 unspecified atom stereocenters. The molecule has 0 aliphatic carbocycles. The molecule has 6 nitrogen and oxygen atoms in total. The normalized spacial score (nSPS) is 22.6. The number of nitrogens with one attached hydrogen (secondary N) is 1. The molecule has 1 aliphatic rings. The molecule has 1 rings (SSSR count). The Bertz CT molecular complexity index is 179. The number of aliphatic hydroxyl groups is 1. The number of aliphatic hydroxyl groups excluding tert-OH is 1. The van der Waals surface area contributed by atoms with E-state index in [1.54, 1.807) is 0 Å². The highest BCUT2D eigenvalue weighted by Crippen LogP contribution is 1.93. The van der Waals surface area contributed by atoms with Crippen LogP contribution in [0, 0.1) is 0 Å². The summed E-state index contributed by atoms with van der Waals surface area (Å²) in [7, 11) is 0. The van der Waals surface area contributed by atoms with Crippen molar-refractivity contribution in [3.05, 3.63) is 0 Å². The predicted molar refractivity (Wildman–Crippen MR) is 73.5 cm³/mol. The van der Waals surface area contributed by atoms with E-state index in [0.717, 1.165) is 52.4 Å². The minimum absolute atomic E-state index is 0.232. The van der Waals surface area contributed by atoms with Crippen molar-refractivity contribution in [1.29, 1.82) is 0 Å². The lowest BCUT2D eigenvalue weighted by molar-refractivity contribution is 0.0369. The summed E-state index contributed by atoms with van der Waals surface area (Å²) in [4.78, 5) is 2.27. The molecule has 0 atom stereocenters. The van der Waals surface area contributed by atoms with Gasteiger partial charge in [0.05, 0.1) is 39.6 Å². The van der Waals surface area contributed by atoms with Gasteiger partial charge in [-0.15, -0.1) is 0 Å². The smallest absolute Gasteiger partial charge is 0.0701 e. The van der Waals surface area contributed by atoms with E-state index < -0.39 is 0 Å². The Morgan fingerprint density at radius 1 is 0.842 bits per heavy atom. The molecule has 19 heavy (non-hydrogen) atoms. The van der Waals surface area contributed by atoms with Gasteiger partial charge in [0.1, 0.15) is 0 Å². The van der Waals surface area contributed by atoms with E-state index in [0.29, 0.717) is 26.4 Å². The number of nitrogens with zero attached hydrogens (tertiary/aromatic N) is 1. The van der Waals surface area contributed by atoms with E-state index in [1.165, 1.54) is 0 Å². The van der Waals surface area contributed by atoms with E-state index >= 15 is 0 Å². The molecule has 1 saturated heterocycles. The molecule has 0 bridgehead atoms. The first-order chi connectivity index (χ1) is 9.43. The van der Waals surface area contributed by atoms with Gasteiger partial charge in [-0.1, -0.05) is 0 Å². The van der Waals surface area contributed by atoms with Crippen LogP contribution < -0.4 is 5.32 Å². The lowest BCUT2D eigenvalue weighted by Crippen LogP contribution is -2.33. The fraction of sp³-hybridized carbons (Fsp3) is 1.00. The van der Waals surface area contributed by atoms with Gasteiger partial charge in [0.15, 0.2) is 0 Å². The van der Waals surface area contributed by atoms with Gasteiger partial charge in [-0.3, -0.25) is 4.90 Å². The Morgan fingerprint density at radius 3 is 2.05 bits per heavy atom. The van der Waals surface area contributed by atoms with Crippen molar-refractivity contribution in [1.82, 2.24) is 10.2 Å². The molecular formula is C13H28N2O4. The third kappa shape index (κ3) is 10.2. The monoisotopic (exact) mass is 276 g/mol. The van der Waals surface area contributed by atoms with Crippen molar-refractivity contribution >= 4 is 0 Å². The van der Waals surface area contributed by atoms with Gasteiger partial charge in [-0.25, -0.2) is 0 Å². The third-order valence-corrected chi connectivity index (χ3v) is 2.95. The highest BCUT2D eigenvalue weighted by molar-refractivity contribution is 4.58. The van der Waals surface area contributed by atoms with Crippen molar-refractivity contribution in [3.8, 4) is 0 Å². The van der Waals surface area contributed by atoms with E-state index in [-0.39, 0.29) is 6.61 Å². The van der Waals surface area contributed by atoms with Crippen LogP contribution in [0.5, 0.6) is 0 Å². The predicted octanol–water partition coefficient (Wildman–Crippen LogP) is -0.676. The zero-order chi connectivity index (χ0) is 13.6. The minimum Gasteiger partial charge on any atom is -0.396 e. The summed E-state index contributed by atoms with van der Waals surface area (Å²) in [5, 5.41) is 12.2. The second-order valence-corrected chi connectivity index (χ2v) is 4.51. The second kappa shape index (κ2) is 12.8. The lowest BCUT2D eigenvalue weighted by Gasteiger charge is -2.21. The van der Waals surface area contributed by atoms with Crippen LogP contribution in [0.3, 0.4) is 0 Å². The molecular weight excluding hydrogens is 248 g/mol. The van der Waals surface area contributed by atoms with Gasteiger partial charge in [0.25, 0.3) is 0 Å². The Balaban J connectivity index is 2.21. The number of hydrogen-bond donors (Lipinski definition) is 2. The first-order valence-electron chi connectivity index (χ1n) is 7.20. The maximum Gasteiger partial charge on any atom is 0.0701 e. The fourth-order valence-corrected chi connectivity index (χ4v) is 1.85. The number of rotatable bonds is 3. The Hall–Kier alpha value is -0.240. The maximum atomic E-state index is 8.89. The van der Waals surface area contributed by atoms with Crippen LogP contribution in [0.15, 0.2) is 0 Å². The summed E-state index contributed by atoms with van der Waals surface area (Å²) in [5.41, 5.74) is 0. The molecule has 0 aromatic rings. The van der Waals surface area contributed by atoms with Crippen LogP contribution in [0.1, 0.15) is 6.42 Å². The van der Waals surface area contributed by atoms with Crippen molar-refractivity contribution in [2.45, 2.75) is 6.42 Å².